The lowest BCUT2D eigenvalue weighted by Crippen LogP contribution is -2.24. The number of rotatable bonds is 7. The van der Waals surface area contributed by atoms with Gasteiger partial charge in [-0.1, -0.05) is 25.1 Å². The number of benzene rings is 1. The summed E-state index contributed by atoms with van der Waals surface area (Å²) in [5.41, 5.74) is 2.33. The van der Waals surface area contributed by atoms with Crippen molar-refractivity contribution in [2.45, 2.75) is 25.8 Å². The molecule has 0 bridgehead atoms. The summed E-state index contributed by atoms with van der Waals surface area (Å²) in [6.45, 7) is 3.13. The van der Waals surface area contributed by atoms with Crippen LogP contribution in [0, 0.1) is 0 Å². The van der Waals surface area contributed by atoms with Crippen LogP contribution in [0.1, 0.15) is 30.5 Å². The van der Waals surface area contributed by atoms with Gasteiger partial charge in [-0.25, -0.2) is 0 Å². The van der Waals surface area contributed by atoms with Crippen molar-refractivity contribution in [3.8, 4) is 5.75 Å². The Morgan fingerprint density at radius 3 is 2.75 bits per heavy atom. The Bertz CT molecular complexity index is 539. The van der Waals surface area contributed by atoms with Crippen LogP contribution < -0.4 is 10.1 Å². The lowest BCUT2D eigenvalue weighted by molar-refractivity contribution is 0.404. The first kappa shape index (κ1) is 15.1. The Balaban J connectivity index is 2.21. The Hall–Kier alpha value is -1.26. The molecule has 1 N–H and O–H groups in total. The van der Waals surface area contributed by atoms with E-state index in [1.165, 1.54) is 5.56 Å². The van der Waals surface area contributed by atoms with Gasteiger partial charge in [0, 0.05) is 11.6 Å². The predicted molar refractivity (Wildman–Crippen MR) is 84.1 cm³/mol. The fourth-order valence-electron chi connectivity index (χ4n) is 2.26. The van der Waals surface area contributed by atoms with Crippen molar-refractivity contribution in [1.82, 2.24) is 5.32 Å². The van der Waals surface area contributed by atoms with Crippen molar-refractivity contribution in [3.63, 3.8) is 0 Å². The molecule has 4 heteroatoms. The van der Waals surface area contributed by atoms with Crippen molar-refractivity contribution in [2.75, 3.05) is 13.7 Å². The number of nitrogens with one attached hydrogen (secondary N) is 1. The molecule has 1 heterocycles. The minimum atomic E-state index is 0.208. The van der Waals surface area contributed by atoms with Crippen LogP contribution in [0.4, 0.5) is 0 Å². The fraction of sp³-hybridized carbons (Fsp3) is 0.375. The number of hydrogen-bond donors (Lipinski definition) is 1. The molecule has 0 saturated heterocycles. The quantitative estimate of drug-likeness (QED) is 0.816. The van der Waals surface area contributed by atoms with Gasteiger partial charge in [0.1, 0.15) is 5.75 Å². The summed E-state index contributed by atoms with van der Waals surface area (Å²) >= 11 is 3.47. The molecule has 0 aliphatic rings. The summed E-state index contributed by atoms with van der Waals surface area (Å²) < 4.78 is 11.6. The highest BCUT2D eigenvalue weighted by atomic mass is 79.9. The van der Waals surface area contributed by atoms with Crippen LogP contribution in [0.2, 0.25) is 0 Å². The monoisotopic (exact) mass is 337 g/mol. The zero-order valence-corrected chi connectivity index (χ0v) is 13.4. The second kappa shape index (κ2) is 7.50. The molecule has 1 unspecified atom stereocenters. The fourth-order valence-corrected chi connectivity index (χ4v) is 2.77. The van der Waals surface area contributed by atoms with Crippen LogP contribution in [-0.4, -0.2) is 13.7 Å². The molecule has 1 atom stereocenters. The summed E-state index contributed by atoms with van der Waals surface area (Å²) in [5.74, 6) is 0.926. The normalized spacial score (nSPS) is 12.3. The average molecular weight is 338 g/mol. The first-order valence-electron chi connectivity index (χ1n) is 6.84. The molecule has 0 saturated carbocycles. The lowest BCUT2D eigenvalue weighted by atomic mass is 10.00. The van der Waals surface area contributed by atoms with Gasteiger partial charge in [0.2, 0.25) is 0 Å². The maximum atomic E-state index is 5.44. The summed E-state index contributed by atoms with van der Waals surface area (Å²) in [4.78, 5) is 0. The summed E-state index contributed by atoms with van der Waals surface area (Å²) in [6.07, 6.45) is 3.67. The van der Waals surface area contributed by atoms with Crippen LogP contribution >= 0.6 is 15.9 Å². The van der Waals surface area contributed by atoms with Crippen molar-refractivity contribution in [1.29, 1.82) is 0 Å². The molecular weight excluding hydrogens is 318 g/mol. The Kier molecular flexibility index (Phi) is 5.68. The molecule has 0 aliphatic heterocycles. The summed E-state index contributed by atoms with van der Waals surface area (Å²) in [7, 11) is 1.71. The first-order chi connectivity index (χ1) is 9.76. The van der Waals surface area contributed by atoms with E-state index in [4.69, 9.17) is 9.15 Å². The van der Waals surface area contributed by atoms with Crippen molar-refractivity contribution < 1.29 is 9.15 Å². The third-order valence-electron chi connectivity index (χ3n) is 3.28. The molecule has 0 fully saturated rings. The van der Waals surface area contributed by atoms with E-state index in [0.717, 1.165) is 35.4 Å². The molecular formula is C16H20BrNO2. The predicted octanol–water partition coefficient (Wildman–Crippen LogP) is 4.33. The first-order valence-corrected chi connectivity index (χ1v) is 7.63. The van der Waals surface area contributed by atoms with Gasteiger partial charge in [0.05, 0.1) is 13.4 Å². The number of hydrogen-bond acceptors (Lipinski definition) is 3. The molecule has 2 aromatic rings. The van der Waals surface area contributed by atoms with Gasteiger partial charge in [-0.05, 0) is 53.0 Å². The number of halogens is 1. The van der Waals surface area contributed by atoms with E-state index >= 15 is 0 Å². The van der Waals surface area contributed by atoms with Crippen LogP contribution in [0.3, 0.4) is 0 Å². The molecule has 0 amide bonds. The van der Waals surface area contributed by atoms with Crippen molar-refractivity contribution >= 4 is 15.9 Å². The average Bonchev–Trinajstić information content (AvgIpc) is 2.90. The van der Waals surface area contributed by atoms with Crippen molar-refractivity contribution in [2.24, 2.45) is 0 Å². The van der Waals surface area contributed by atoms with Gasteiger partial charge in [-0.2, -0.15) is 0 Å². The molecule has 3 nitrogen and oxygen atoms in total. The van der Waals surface area contributed by atoms with Crippen LogP contribution in [0.15, 0.2) is 45.7 Å². The van der Waals surface area contributed by atoms with Gasteiger partial charge in [-0.3, -0.25) is 0 Å². The second-order valence-electron chi connectivity index (χ2n) is 4.67. The Morgan fingerprint density at radius 2 is 2.10 bits per heavy atom. The van der Waals surface area contributed by atoms with Crippen LogP contribution in [-0.2, 0) is 6.42 Å². The zero-order valence-electron chi connectivity index (χ0n) is 11.9. The zero-order chi connectivity index (χ0) is 14.4. The highest BCUT2D eigenvalue weighted by Crippen LogP contribution is 2.29. The van der Waals surface area contributed by atoms with Crippen molar-refractivity contribution in [3.05, 3.63) is 52.4 Å². The molecule has 1 aromatic heterocycles. The van der Waals surface area contributed by atoms with Crippen LogP contribution in [0.5, 0.6) is 5.75 Å². The molecule has 0 spiro atoms. The van der Waals surface area contributed by atoms with Gasteiger partial charge < -0.3 is 14.5 Å². The van der Waals surface area contributed by atoms with Gasteiger partial charge in [0.15, 0.2) is 4.67 Å². The molecule has 108 valence electrons. The molecule has 20 heavy (non-hydrogen) atoms. The lowest BCUT2D eigenvalue weighted by Gasteiger charge is -2.19. The Morgan fingerprint density at radius 1 is 1.30 bits per heavy atom. The second-order valence-corrected chi connectivity index (χ2v) is 5.39. The topological polar surface area (TPSA) is 34.4 Å². The third-order valence-corrected chi connectivity index (χ3v) is 3.92. The van der Waals surface area contributed by atoms with Gasteiger partial charge in [-0.15, -0.1) is 0 Å². The van der Waals surface area contributed by atoms with Gasteiger partial charge in [0.25, 0.3) is 0 Å². The van der Waals surface area contributed by atoms with E-state index in [-0.39, 0.29) is 6.04 Å². The van der Waals surface area contributed by atoms with E-state index < -0.39 is 0 Å². The van der Waals surface area contributed by atoms with Crippen LogP contribution in [0.25, 0.3) is 0 Å². The summed E-state index contributed by atoms with van der Waals surface area (Å²) in [6, 6.07) is 10.3. The molecule has 1 aromatic carbocycles. The molecule has 0 aliphatic carbocycles. The maximum Gasteiger partial charge on any atom is 0.173 e. The largest absolute Gasteiger partial charge is 0.496 e. The van der Waals surface area contributed by atoms with E-state index in [1.54, 1.807) is 13.4 Å². The minimum absolute atomic E-state index is 0.208. The number of ether oxygens (including phenoxy) is 1. The van der Waals surface area contributed by atoms with E-state index in [9.17, 15) is 0 Å². The number of para-hydroxylation sites is 1. The van der Waals surface area contributed by atoms with E-state index in [2.05, 4.69) is 34.2 Å². The van der Waals surface area contributed by atoms with E-state index in [0.29, 0.717) is 0 Å². The third kappa shape index (κ3) is 3.64. The standard InChI is InChI=1S/C16H20BrNO2/c1-3-9-18-14(13-8-10-20-16(13)17)11-12-6-4-5-7-15(12)19-2/h4-8,10,14,18H,3,9,11H2,1-2H3. The Labute approximate surface area is 128 Å². The summed E-state index contributed by atoms with van der Waals surface area (Å²) in [5, 5.41) is 3.57. The molecule has 0 radical (unpaired) electrons. The highest BCUT2D eigenvalue weighted by Gasteiger charge is 2.18. The van der Waals surface area contributed by atoms with E-state index in [1.807, 2.05) is 24.3 Å². The van der Waals surface area contributed by atoms with Gasteiger partial charge >= 0.3 is 0 Å². The SMILES string of the molecule is CCCNC(Cc1ccccc1OC)c1ccoc1Br. The smallest absolute Gasteiger partial charge is 0.173 e. The highest BCUT2D eigenvalue weighted by molar-refractivity contribution is 9.10. The molecule has 2 rings (SSSR count). The maximum absolute atomic E-state index is 5.44. The number of methoxy groups -OCH3 is 1. The number of furan rings is 1. The minimum Gasteiger partial charge on any atom is -0.496 e.